The number of aryl methyl sites for hydroxylation is 1. The average molecular weight is 415 g/mol. The third-order valence-electron chi connectivity index (χ3n) is 5.68. The molecule has 1 N–H and O–H groups in total. The van der Waals surface area contributed by atoms with Gasteiger partial charge in [-0.3, -0.25) is 4.79 Å². The van der Waals surface area contributed by atoms with E-state index in [1.54, 1.807) is 19.2 Å². The van der Waals surface area contributed by atoms with Crippen LogP contribution in [-0.2, 0) is 0 Å². The van der Waals surface area contributed by atoms with Crippen molar-refractivity contribution in [3.05, 3.63) is 59.4 Å². The van der Waals surface area contributed by atoms with Crippen LogP contribution in [0.2, 0.25) is 0 Å². The maximum absolute atomic E-state index is 12.9. The number of nitrogens with zero attached hydrogens (tertiary/aromatic N) is 1. The Hall–Kier alpha value is -2.60. The van der Waals surface area contributed by atoms with Crippen molar-refractivity contribution in [3.8, 4) is 11.5 Å². The maximum Gasteiger partial charge on any atom is 0.255 e. The molecular formula is C24H31FN2O3. The van der Waals surface area contributed by atoms with Crippen LogP contribution in [-0.4, -0.2) is 49.7 Å². The summed E-state index contributed by atoms with van der Waals surface area (Å²) in [5.41, 5.74) is 1.38. The third kappa shape index (κ3) is 5.95. The highest BCUT2D eigenvalue weighted by Crippen LogP contribution is 2.25. The van der Waals surface area contributed by atoms with Crippen molar-refractivity contribution >= 4 is 5.91 Å². The first-order valence-corrected chi connectivity index (χ1v) is 10.5. The van der Waals surface area contributed by atoms with E-state index in [2.05, 4.69) is 17.1 Å². The van der Waals surface area contributed by atoms with Gasteiger partial charge in [0.2, 0.25) is 0 Å². The van der Waals surface area contributed by atoms with Crippen LogP contribution < -0.4 is 14.8 Å². The summed E-state index contributed by atoms with van der Waals surface area (Å²) in [6, 6.07) is 11.7. The zero-order valence-electron chi connectivity index (χ0n) is 18.0. The SMILES string of the molecule is COc1ccc(C)cc1C(=O)NC1(C)CCN(CCCOc2ccc(F)cc2)CC1. The molecule has 3 rings (SSSR count). The number of hydrogen-bond acceptors (Lipinski definition) is 4. The summed E-state index contributed by atoms with van der Waals surface area (Å²) in [6.45, 7) is 7.48. The number of benzene rings is 2. The predicted molar refractivity (Wildman–Crippen MR) is 116 cm³/mol. The van der Waals surface area contributed by atoms with E-state index in [0.717, 1.165) is 44.5 Å². The van der Waals surface area contributed by atoms with E-state index in [1.165, 1.54) is 12.1 Å². The van der Waals surface area contributed by atoms with Gasteiger partial charge in [0.15, 0.2) is 0 Å². The molecule has 0 aliphatic carbocycles. The molecule has 1 heterocycles. The Labute approximate surface area is 178 Å². The Balaban J connectivity index is 1.43. The minimum Gasteiger partial charge on any atom is -0.496 e. The van der Waals surface area contributed by atoms with Gasteiger partial charge in [-0.05, 0) is 69.5 Å². The van der Waals surface area contributed by atoms with Gasteiger partial charge < -0.3 is 19.7 Å². The number of methoxy groups -OCH3 is 1. The van der Waals surface area contributed by atoms with Gasteiger partial charge in [-0.15, -0.1) is 0 Å². The highest BCUT2D eigenvalue weighted by Gasteiger charge is 2.32. The molecule has 1 aliphatic heterocycles. The molecule has 162 valence electrons. The summed E-state index contributed by atoms with van der Waals surface area (Å²) >= 11 is 0. The molecule has 30 heavy (non-hydrogen) atoms. The lowest BCUT2D eigenvalue weighted by molar-refractivity contribution is 0.0826. The van der Waals surface area contributed by atoms with Gasteiger partial charge in [0, 0.05) is 25.2 Å². The lowest BCUT2D eigenvalue weighted by Gasteiger charge is -2.40. The number of halogens is 1. The number of carbonyl (C=O) groups excluding carboxylic acids is 1. The summed E-state index contributed by atoms with van der Waals surface area (Å²) < 4.78 is 23.9. The van der Waals surface area contributed by atoms with Crippen molar-refractivity contribution in [2.24, 2.45) is 0 Å². The number of amides is 1. The second-order valence-electron chi connectivity index (χ2n) is 8.22. The zero-order valence-corrected chi connectivity index (χ0v) is 18.0. The lowest BCUT2D eigenvalue weighted by Crippen LogP contribution is -2.53. The van der Waals surface area contributed by atoms with Gasteiger partial charge in [-0.25, -0.2) is 4.39 Å². The fourth-order valence-corrected chi connectivity index (χ4v) is 3.74. The van der Waals surface area contributed by atoms with Crippen molar-refractivity contribution in [1.29, 1.82) is 0 Å². The maximum atomic E-state index is 12.9. The number of piperidine rings is 1. The first-order valence-electron chi connectivity index (χ1n) is 10.5. The molecule has 0 atom stereocenters. The molecule has 1 amide bonds. The topological polar surface area (TPSA) is 50.8 Å². The molecule has 2 aromatic carbocycles. The highest BCUT2D eigenvalue weighted by molar-refractivity contribution is 5.97. The van der Waals surface area contributed by atoms with E-state index in [9.17, 15) is 9.18 Å². The summed E-state index contributed by atoms with van der Waals surface area (Å²) in [7, 11) is 1.58. The van der Waals surface area contributed by atoms with Crippen LogP contribution in [0.5, 0.6) is 11.5 Å². The van der Waals surface area contributed by atoms with Crippen LogP contribution in [0, 0.1) is 12.7 Å². The molecule has 0 unspecified atom stereocenters. The predicted octanol–water partition coefficient (Wildman–Crippen LogP) is 4.20. The molecule has 0 saturated carbocycles. The number of ether oxygens (including phenoxy) is 2. The summed E-state index contributed by atoms with van der Waals surface area (Å²) in [5, 5.41) is 3.23. The largest absolute Gasteiger partial charge is 0.496 e. The number of rotatable bonds is 8. The Morgan fingerprint density at radius 3 is 2.53 bits per heavy atom. The van der Waals surface area contributed by atoms with E-state index in [4.69, 9.17) is 9.47 Å². The summed E-state index contributed by atoms with van der Waals surface area (Å²) in [5.74, 6) is 0.947. The van der Waals surface area contributed by atoms with Crippen molar-refractivity contribution in [1.82, 2.24) is 10.2 Å². The minimum absolute atomic E-state index is 0.0841. The van der Waals surface area contributed by atoms with Crippen LogP contribution in [0.15, 0.2) is 42.5 Å². The molecule has 5 nitrogen and oxygen atoms in total. The highest BCUT2D eigenvalue weighted by atomic mass is 19.1. The number of likely N-dealkylation sites (tertiary alicyclic amines) is 1. The van der Waals surface area contributed by atoms with E-state index in [-0.39, 0.29) is 17.3 Å². The van der Waals surface area contributed by atoms with Crippen LogP contribution in [0.25, 0.3) is 0 Å². The van der Waals surface area contributed by atoms with Crippen LogP contribution in [0.3, 0.4) is 0 Å². The van der Waals surface area contributed by atoms with Crippen molar-refractivity contribution in [2.45, 2.75) is 38.6 Å². The fourth-order valence-electron chi connectivity index (χ4n) is 3.74. The van der Waals surface area contributed by atoms with E-state index >= 15 is 0 Å². The molecule has 1 saturated heterocycles. The Bertz CT molecular complexity index is 846. The standard InChI is InChI=1S/C24H31FN2O3/c1-18-5-10-22(29-3)21(17-18)23(28)26-24(2)11-14-27(15-12-24)13-4-16-30-20-8-6-19(25)7-9-20/h5-10,17H,4,11-16H2,1-3H3,(H,26,28). The molecular weight excluding hydrogens is 383 g/mol. The Morgan fingerprint density at radius 1 is 1.17 bits per heavy atom. The van der Waals surface area contributed by atoms with Crippen LogP contribution in [0.1, 0.15) is 42.1 Å². The van der Waals surface area contributed by atoms with Gasteiger partial charge in [0.1, 0.15) is 17.3 Å². The minimum atomic E-state index is -0.258. The van der Waals surface area contributed by atoms with Crippen molar-refractivity contribution < 1.29 is 18.7 Å². The van der Waals surface area contributed by atoms with Gasteiger partial charge >= 0.3 is 0 Å². The number of nitrogens with one attached hydrogen (secondary N) is 1. The molecule has 2 aromatic rings. The summed E-state index contributed by atoms with van der Waals surface area (Å²) in [6.07, 6.45) is 2.69. The monoisotopic (exact) mass is 414 g/mol. The lowest BCUT2D eigenvalue weighted by atomic mass is 9.89. The average Bonchev–Trinajstić information content (AvgIpc) is 2.73. The van der Waals surface area contributed by atoms with E-state index < -0.39 is 0 Å². The van der Waals surface area contributed by atoms with Gasteiger partial charge in [0.25, 0.3) is 5.91 Å². The Kier molecular flexibility index (Phi) is 7.32. The summed E-state index contributed by atoms with van der Waals surface area (Å²) in [4.78, 5) is 15.3. The molecule has 6 heteroatoms. The second kappa shape index (κ2) is 9.94. The smallest absolute Gasteiger partial charge is 0.255 e. The molecule has 1 aliphatic rings. The second-order valence-corrected chi connectivity index (χ2v) is 8.22. The van der Waals surface area contributed by atoms with Crippen molar-refractivity contribution in [2.75, 3.05) is 33.4 Å². The fraction of sp³-hybridized carbons (Fsp3) is 0.458. The van der Waals surface area contributed by atoms with E-state index in [1.807, 2.05) is 25.1 Å². The van der Waals surface area contributed by atoms with Crippen molar-refractivity contribution in [3.63, 3.8) is 0 Å². The molecule has 0 radical (unpaired) electrons. The van der Waals surface area contributed by atoms with Crippen LogP contribution >= 0.6 is 0 Å². The Morgan fingerprint density at radius 2 is 1.87 bits per heavy atom. The molecule has 1 fully saturated rings. The quantitative estimate of drug-likeness (QED) is 0.658. The first kappa shape index (κ1) is 22.1. The first-order chi connectivity index (χ1) is 14.4. The molecule has 0 bridgehead atoms. The third-order valence-corrected chi connectivity index (χ3v) is 5.68. The zero-order chi connectivity index (χ0) is 21.6. The normalized spacial score (nSPS) is 16.1. The molecule has 0 aromatic heterocycles. The molecule has 0 spiro atoms. The van der Waals surface area contributed by atoms with Gasteiger partial charge in [-0.2, -0.15) is 0 Å². The van der Waals surface area contributed by atoms with Crippen LogP contribution in [0.4, 0.5) is 4.39 Å². The number of hydrogen-bond donors (Lipinski definition) is 1. The van der Waals surface area contributed by atoms with Gasteiger partial charge in [-0.1, -0.05) is 11.6 Å². The number of carbonyl (C=O) groups is 1. The van der Waals surface area contributed by atoms with Gasteiger partial charge in [0.05, 0.1) is 19.3 Å². The van der Waals surface area contributed by atoms with E-state index in [0.29, 0.717) is 23.7 Å².